The van der Waals surface area contributed by atoms with Gasteiger partial charge in [0, 0.05) is 6.04 Å². The van der Waals surface area contributed by atoms with Crippen LogP contribution in [-0.4, -0.2) is 22.1 Å². The highest BCUT2D eigenvalue weighted by atomic mass is 16.2. The molecule has 4 N–H and O–H groups in total. The number of hydrogen-bond donors (Lipinski definition) is 3. The number of aromatic nitrogens is 2. The second-order valence-electron chi connectivity index (χ2n) is 5.56. The van der Waals surface area contributed by atoms with Gasteiger partial charge in [-0.05, 0) is 32.1 Å². The second-order valence-corrected chi connectivity index (χ2v) is 5.56. The number of carbonyl (C=O) groups is 1. The lowest BCUT2D eigenvalue weighted by molar-refractivity contribution is 0.0933. The molecule has 0 spiro atoms. The fourth-order valence-electron chi connectivity index (χ4n) is 1.95. The molecule has 0 fully saturated rings. The summed E-state index contributed by atoms with van der Waals surface area (Å²) >= 11 is 0. The number of nitrogens with two attached hydrogens (primary N) is 1. The molecule has 0 aliphatic carbocycles. The molecular weight excluding hydrogens is 240 g/mol. The van der Waals surface area contributed by atoms with E-state index in [2.05, 4.69) is 36.3 Å². The number of nitrogens with one attached hydrogen (secondary N) is 2. The minimum Gasteiger partial charge on any atom is -0.395 e. The topological polar surface area (TPSA) is 83.8 Å². The van der Waals surface area contributed by atoms with Gasteiger partial charge in [-0.25, -0.2) is 0 Å². The van der Waals surface area contributed by atoms with Gasteiger partial charge in [-0.1, -0.05) is 27.2 Å². The van der Waals surface area contributed by atoms with Gasteiger partial charge in [0.25, 0.3) is 5.91 Å². The van der Waals surface area contributed by atoms with Crippen molar-refractivity contribution in [3.63, 3.8) is 0 Å². The van der Waals surface area contributed by atoms with Gasteiger partial charge in [-0.3, -0.25) is 9.89 Å². The van der Waals surface area contributed by atoms with Crippen molar-refractivity contribution in [1.82, 2.24) is 15.5 Å². The number of carbonyl (C=O) groups excluding carboxylic acids is 1. The minimum atomic E-state index is -0.188. The van der Waals surface area contributed by atoms with E-state index in [1.165, 1.54) is 0 Å². The van der Waals surface area contributed by atoms with E-state index in [1.807, 2.05) is 6.92 Å². The summed E-state index contributed by atoms with van der Waals surface area (Å²) in [7, 11) is 0. The van der Waals surface area contributed by atoms with Gasteiger partial charge in [0.2, 0.25) is 0 Å². The Morgan fingerprint density at radius 2 is 2.05 bits per heavy atom. The zero-order valence-electron chi connectivity index (χ0n) is 12.4. The third kappa shape index (κ3) is 4.58. The Balaban J connectivity index is 2.58. The molecule has 19 heavy (non-hydrogen) atoms. The predicted molar refractivity (Wildman–Crippen MR) is 78.0 cm³/mol. The molecule has 0 radical (unpaired) electrons. The van der Waals surface area contributed by atoms with Crippen LogP contribution in [-0.2, 0) is 6.42 Å². The quantitative estimate of drug-likeness (QED) is 0.709. The molecule has 1 atom stereocenters. The first kappa shape index (κ1) is 15.5. The van der Waals surface area contributed by atoms with Gasteiger partial charge in [-0.2, -0.15) is 5.10 Å². The van der Waals surface area contributed by atoms with Crippen LogP contribution < -0.4 is 11.1 Å². The number of hydrogen-bond acceptors (Lipinski definition) is 3. The summed E-state index contributed by atoms with van der Waals surface area (Å²) in [5.74, 6) is 0.457. The van der Waals surface area contributed by atoms with Crippen molar-refractivity contribution >= 4 is 11.6 Å². The Kier molecular flexibility index (Phi) is 5.86. The van der Waals surface area contributed by atoms with Gasteiger partial charge in [0.05, 0.1) is 11.4 Å². The lowest BCUT2D eigenvalue weighted by Crippen LogP contribution is -2.33. The Morgan fingerprint density at radius 3 is 2.63 bits per heavy atom. The minimum absolute atomic E-state index is 0.139. The second kappa shape index (κ2) is 7.16. The fourth-order valence-corrected chi connectivity index (χ4v) is 1.95. The number of H-pyrrole nitrogens is 1. The first-order valence-corrected chi connectivity index (χ1v) is 7.09. The van der Waals surface area contributed by atoms with E-state index in [1.54, 1.807) is 0 Å². The van der Waals surface area contributed by atoms with Gasteiger partial charge in [0.15, 0.2) is 5.69 Å². The summed E-state index contributed by atoms with van der Waals surface area (Å²) < 4.78 is 0. The number of rotatable bonds is 7. The van der Waals surface area contributed by atoms with Crippen molar-refractivity contribution in [2.75, 3.05) is 5.73 Å². The zero-order valence-corrected chi connectivity index (χ0v) is 12.4. The number of nitrogens with zero attached hydrogens (tertiary/aromatic N) is 1. The molecule has 0 aliphatic heterocycles. The molecule has 1 unspecified atom stereocenters. The Morgan fingerprint density at radius 1 is 1.37 bits per heavy atom. The van der Waals surface area contributed by atoms with Crippen molar-refractivity contribution in [3.05, 3.63) is 11.4 Å². The van der Waals surface area contributed by atoms with Gasteiger partial charge in [-0.15, -0.1) is 0 Å². The molecule has 0 saturated heterocycles. The van der Waals surface area contributed by atoms with E-state index < -0.39 is 0 Å². The van der Waals surface area contributed by atoms with Crippen molar-refractivity contribution in [3.8, 4) is 0 Å². The first-order chi connectivity index (χ1) is 8.95. The Bertz CT molecular complexity index is 412. The average Bonchev–Trinajstić information content (AvgIpc) is 2.69. The maximum Gasteiger partial charge on any atom is 0.274 e. The number of anilines is 1. The maximum absolute atomic E-state index is 12.1. The normalized spacial score (nSPS) is 12.7. The summed E-state index contributed by atoms with van der Waals surface area (Å²) in [6, 6.07) is 0.139. The van der Waals surface area contributed by atoms with Crippen LogP contribution in [0.4, 0.5) is 5.69 Å². The van der Waals surface area contributed by atoms with Gasteiger partial charge in [0.1, 0.15) is 0 Å². The van der Waals surface area contributed by atoms with Crippen molar-refractivity contribution in [2.24, 2.45) is 5.92 Å². The van der Waals surface area contributed by atoms with E-state index in [9.17, 15) is 4.79 Å². The highest BCUT2D eigenvalue weighted by Crippen LogP contribution is 2.16. The molecule has 0 bridgehead atoms. The smallest absolute Gasteiger partial charge is 0.274 e. The maximum atomic E-state index is 12.1. The van der Waals surface area contributed by atoms with Gasteiger partial charge < -0.3 is 11.1 Å². The standard InChI is InChI=1S/C14H26N4O/c1-5-6-11-12(15)13(18-17-11)14(19)16-10(4)8-7-9(2)3/h9-10H,5-8,15H2,1-4H3,(H,16,19)(H,17,18). The third-order valence-electron chi connectivity index (χ3n) is 3.15. The largest absolute Gasteiger partial charge is 0.395 e. The Hall–Kier alpha value is -1.52. The van der Waals surface area contributed by atoms with E-state index in [4.69, 9.17) is 5.73 Å². The van der Waals surface area contributed by atoms with Crippen LogP contribution in [0, 0.1) is 5.92 Å². The molecular formula is C14H26N4O. The highest BCUT2D eigenvalue weighted by molar-refractivity contribution is 5.97. The lowest BCUT2D eigenvalue weighted by Gasteiger charge is -2.14. The number of aromatic amines is 1. The van der Waals surface area contributed by atoms with Crippen LogP contribution >= 0.6 is 0 Å². The van der Waals surface area contributed by atoms with E-state index >= 15 is 0 Å². The molecule has 1 heterocycles. The summed E-state index contributed by atoms with van der Waals surface area (Å²) in [5.41, 5.74) is 7.58. The van der Waals surface area contributed by atoms with E-state index in [-0.39, 0.29) is 11.9 Å². The van der Waals surface area contributed by atoms with E-state index in [0.717, 1.165) is 31.4 Å². The molecule has 1 aromatic heterocycles. The average molecular weight is 266 g/mol. The summed E-state index contributed by atoms with van der Waals surface area (Å²) in [5, 5.41) is 9.81. The number of aryl methyl sites for hydroxylation is 1. The van der Waals surface area contributed by atoms with Crippen LogP contribution in [0.2, 0.25) is 0 Å². The van der Waals surface area contributed by atoms with E-state index in [0.29, 0.717) is 17.3 Å². The van der Waals surface area contributed by atoms with Crippen LogP contribution in [0.5, 0.6) is 0 Å². The molecule has 1 aromatic rings. The monoisotopic (exact) mass is 266 g/mol. The molecule has 1 rings (SSSR count). The number of nitrogen functional groups attached to an aromatic ring is 1. The lowest BCUT2D eigenvalue weighted by atomic mass is 10.0. The van der Waals surface area contributed by atoms with Gasteiger partial charge >= 0.3 is 0 Å². The predicted octanol–water partition coefficient (Wildman–Crippen LogP) is 2.50. The summed E-state index contributed by atoms with van der Waals surface area (Å²) in [6.07, 6.45) is 3.85. The van der Waals surface area contributed by atoms with Crippen LogP contribution in [0.1, 0.15) is 63.1 Å². The molecule has 5 heteroatoms. The first-order valence-electron chi connectivity index (χ1n) is 7.09. The molecule has 108 valence electrons. The summed E-state index contributed by atoms with van der Waals surface area (Å²) in [6.45, 7) is 8.43. The Labute approximate surface area is 115 Å². The van der Waals surface area contributed by atoms with Crippen molar-refractivity contribution in [1.29, 1.82) is 0 Å². The molecule has 0 saturated carbocycles. The fraction of sp³-hybridized carbons (Fsp3) is 0.714. The van der Waals surface area contributed by atoms with Crippen LogP contribution in [0.3, 0.4) is 0 Å². The van der Waals surface area contributed by atoms with Crippen molar-refractivity contribution in [2.45, 2.75) is 59.4 Å². The summed E-state index contributed by atoms with van der Waals surface area (Å²) in [4.78, 5) is 12.1. The zero-order chi connectivity index (χ0) is 14.4. The molecule has 0 aliphatic rings. The third-order valence-corrected chi connectivity index (χ3v) is 3.15. The molecule has 0 aromatic carbocycles. The van der Waals surface area contributed by atoms with Crippen molar-refractivity contribution < 1.29 is 4.79 Å². The van der Waals surface area contributed by atoms with Crippen LogP contribution in [0.15, 0.2) is 0 Å². The number of amides is 1. The molecule has 1 amide bonds. The van der Waals surface area contributed by atoms with Crippen LogP contribution in [0.25, 0.3) is 0 Å². The SMILES string of the molecule is CCCc1[nH]nc(C(=O)NC(C)CCC(C)C)c1N. The highest BCUT2D eigenvalue weighted by Gasteiger charge is 2.18. The molecule has 5 nitrogen and oxygen atoms in total.